The van der Waals surface area contributed by atoms with E-state index in [9.17, 15) is 14.7 Å². The number of rotatable bonds is 13. The Balaban J connectivity index is 1.41. The van der Waals surface area contributed by atoms with Crippen molar-refractivity contribution in [2.24, 2.45) is 5.92 Å². The molecule has 0 atom stereocenters. The molecule has 1 saturated carbocycles. The molecule has 1 aliphatic carbocycles. The van der Waals surface area contributed by atoms with Gasteiger partial charge in [-0.3, -0.25) is 9.59 Å². The third-order valence-corrected chi connectivity index (χ3v) is 7.23. The van der Waals surface area contributed by atoms with Gasteiger partial charge < -0.3 is 19.5 Å². The molecule has 196 valence electrons. The highest BCUT2D eigenvalue weighted by atomic mass is 16.5. The average molecular weight is 504 g/mol. The lowest BCUT2D eigenvalue weighted by Crippen LogP contribution is -2.08. The summed E-state index contributed by atoms with van der Waals surface area (Å²) >= 11 is 0. The van der Waals surface area contributed by atoms with E-state index in [2.05, 4.69) is 0 Å². The van der Waals surface area contributed by atoms with E-state index in [4.69, 9.17) is 9.84 Å². The summed E-state index contributed by atoms with van der Waals surface area (Å²) in [6, 6.07) is 13.9. The van der Waals surface area contributed by atoms with Crippen LogP contribution in [0.2, 0.25) is 0 Å². The van der Waals surface area contributed by atoms with Gasteiger partial charge in [-0.2, -0.15) is 0 Å². The largest absolute Gasteiger partial charge is 0.494 e. The lowest BCUT2D eigenvalue weighted by Gasteiger charge is -2.21. The first-order chi connectivity index (χ1) is 18.0. The molecule has 4 rings (SSSR count). The number of aromatic nitrogens is 1. The molecule has 0 unspecified atom stereocenters. The van der Waals surface area contributed by atoms with Gasteiger partial charge in [-0.1, -0.05) is 68.5 Å². The number of carboxylic acid groups (broad SMARTS) is 2. The number of hydrogen-bond acceptors (Lipinski definition) is 3. The van der Waals surface area contributed by atoms with Crippen LogP contribution in [0.4, 0.5) is 0 Å². The summed E-state index contributed by atoms with van der Waals surface area (Å²) in [7, 11) is 0. The van der Waals surface area contributed by atoms with E-state index in [0.29, 0.717) is 13.0 Å². The van der Waals surface area contributed by atoms with Crippen molar-refractivity contribution in [3.05, 3.63) is 65.4 Å². The van der Waals surface area contributed by atoms with Crippen molar-refractivity contribution in [2.45, 2.75) is 70.8 Å². The molecule has 0 radical (unpaired) electrons. The summed E-state index contributed by atoms with van der Waals surface area (Å²) < 4.78 is 7.92. The second-order valence-electron chi connectivity index (χ2n) is 10.1. The molecule has 2 N–H and O–H groups in total. The normalized spacial score (nSPS) is 14.4. The van der Waals surface area contributed by atoms with Gasteiger partial charge in [-0.25, -0.2) is 0 Å². The Morgan fingerprint density at radius 3 is 2.46 bits per heavy atom. The summed E-state index contributed by atoms with van der Waals surface area (Å²) in [6.45, 7) is 1.28. The van der Waals surface area contributed by atoms with Crippen molar-refractivity contribution in [3.8, 4) is 5.75 Å². The molecule has 2 aromatic carbocycles. The Morgan fingerprint density at radius 2 is 1.73 bits per heavy atom. The Kier molecular flexibility index (Phi) is 9.41. The fourth-order valence-corrected chi connectivity index (χ4v) is 5.39. The predicted molar refractivity (Wildman–Crippen MR) is 147 cm³/mol. The molecule has 0 amide bonds. The SMILES string of the molecule is O=C(O)CCCn1cc(CC(=O)O)c2c(/C=C/c3ccc(OCCCC4CCCCC4)cc3)cccc21. The summed E-state index contributed by atoms with van der Waals surface area (Å²) in [6.07, 6.45) is 15.6. The molecule has 6 heteroatoms. The van der Waals surface area contributed by atoms with Crippen molar-refractivity contribution in [2.75, 3.05) is 6.61 Å². The van der Waals surface area contributed by atoms with E-state index in [-0.39, 0.29) is 12.8 Å². The number of aliphatic carboxylic acids is 2. The molecule has 3 aromatic rings. The Bertz CT molecular complexity index is 1220. The second kappa shape index (κ2) is 13.1. The number of fused-ring (bicyclic) bond motifs is 1. The first-order valence-electron chi connectivity index (χ1n) is 13.4. The van der Waals surface area contributed by atoms with Gasteiger partial charge in [0, 0.05) is 30.1 Å². The fraction of sp³-hybridized carbons (Fsp3) is 0.419. The van der Waals surface area contributed by atoms with Crippen LogP contribution in [0, 0.1) is 5.92 Å². The van der Waals surface area contributed by atoms with Crippen LogP contribution in [-0.4, -0.2) is 33.3 Å². The van der Waals surface area contributed by atoms with Crippen LogP contribution in [0.5, 0.6) is 5.75 Å². The van der Waals surface area contributed by atoms with E-state index >= 15 is 0 Å². The molecule has 6 nitrogen and oxygen atoms in total. The van der Waals surface area contributed by atoms with Crippen LogP contribution in [0.1, 0.15) is 74.5 Å². The molecule has 37 heavy (non-hydrogen) atoms. The lowest BCUT2D eigenvalue weighted by molar-refractivity contribution is -0.137. The van der Waals surface area contributed by atoms with Gasteiger partial charge in [0.2, 0.25) is 0 Å². The van der Waals surface area contributed by atoms with Gasteiger partial charge in [0.15, 0.2) is 0 Å². The number of aryl methyl sites for hydroxylation is 1. The monoisotopic (exact) mass is 503 g/mol. The van der Waals surface area contributed by atoms with E-state index in [1.807, 2.05) is 65.4 Å². The highest BCUT2D eigenvalue weighted by molar-refractivity contribution is 5.96. The maximum Gasteiger partial charge on any atom is 0.307 e. The standard InChI is InChI=1S/C31H37NO5/c33-29(34)12-5-19-32-22-26(21-30(35)36)31-25(10-4-11-28(31)32)16-13-24-14-17-27(18-15-24)37-20-6-9-23-7-2-1-3-8-23/h4,10-11,13-18,22-23H,1-3,5-9,12,19-21H2,(H,33,34)(H,35,36)/b16-13+. The summed E-state index contributed by atoms with van der Waals surface area (Å²) in [5, 5.41) is 19.3. The molecular weight excluding hydrogens is 466 g/mol. The predicted octanol–water partition coefficient (Wildman–Crippen LogP) is 7.04. The third-order valence-electron chi connectivity index (χ3n) is 7.23. The van der Waals surface area contributed by atoms with E-state index in [1.165, 1.54) is 38.5 Å². The van der Waals surface area contributed by atoms with Crippen molar-refractivity contribution in [1.29, 1.82) is 0 Å². The number of benzene rings is 2. The highest BCUT2D eigenvalue weighted by Crippen LogP contribution is 2.29. The van der Waals surface area contributed by atoms with Gasteiger partial charge in [0.25, 0.3) is 0 Å². The molecule has 1 fully saturated rings. The van der Waals surface area contributed by atoms with Crippen LogP contribution in [0.15, 0.2) is 48.7 Å². The second-order valence-corrected chi connectivity index (χ2v) is 10.1. The zero-order valence-corrected chi connectivity index (χ0v) is 21.4. The van der Waals surface area contributed by atoms with Crippen LogP contribution in [-0.2, 0) is 22.6 Å². The summed E-state index contributed by atoms with van der Waals surface area (Å²) in [5.41, 5.74) is 3.62. The van der Waals surface area contributed by atoms with Gasteiger partial charge >= 0.3 is 11.9 Å². The molecule has 0 bridgehead atoms. The van der Waals surface area contributed by atoms with Gasteiger partial charge in [0.05, 0.1) is 13.0 Å². The van der Waals surface area contributed by atoms with E-state index < -0.39 is 11.9 Å². The molecule has 0 aliphatic heterocycles. The average Bonchev–Trinajstić information content (AvgIpc) is 3.23. The van der Waals surface area contributed by atoms with Crippen molar-refractivity contribution < 1.29 is 24.5 Å². The molecule has 1 aromatic heterocycles. The Labute approximate surface area is 218 Å². The zero-order valence-electron chi connectivity index (χ0n) is 21.4. The Hall–Kier alpha value is -3.54. The van der Waals surface area contributed by atoms with Gasteiger partial charge in [0.1, 0.15) is 5.75 Å². The van der Waals surface area contributed by atoms with Crippen LogP contribution < -0.4 is 4.74 Å². The summed E-state index contributed by atoms with van der Waals surface area (Å²) in [5.74, 6) is 0.0384. The first kappa shape index (κ1) is 26.5. The number of hydrogen-bond donors (Lipinski definition) is 2. The molecule has 0 saturated heterocycles. The molecular formula is C31H37NO5. The minimum Gasteiger partial charge on any atom is -0.494 e. The third kappa shape index (κ3) is 7.72. The minimum absolute atomic E-state index is 0.0771. The molecule has 0 spiro atoms. The quantitative estimate of drug-likeness (QED) is 0.193. The number of nitrogens with zero attached hydrogens (tertiary/aromatic N) is 1. The number of ether oxygens (including phenoxy) is 1. The van der Waals surface area contributed by atoms with E-state index in [0.717, 1.165) is 52.3 Å². The Morgan fingerprint density at radius 1 is 0.946 bits per heavy atom. The summed E-state index contributed by atoms with van der Waals surface area (Å²) in [4.78, 5) is 22.4. The van der Waals surface area contributed by atoms with Crippen molar-refractivity contribution >= 4 is 35.0 Å². The first-order valence-corrected chi connectivity index (χ1v) is 13.4. The van der Waals surface area contributed by atoms with Crippen LogP contribution in [0.3, 0.4) is 0 Å². The number of carboxylic acids is 2. The minimum atomic E-state index is -0.891. The van der Waals surface area contributed by atoms with Gasteiger partial charge in [-0.05, 0) is 60.1 Å². The smallest absolute Gasteiger partial charge is 0.307 e. The lowest BCUT2D eigenvalue weighted by atomic mass is 9.86. The van der Waals surface area contributed by atoms with Crippen molar-refractivity contribution in [3.63, 3.8) is 0 Å². The maximum absolute atomic E-state index is 11.5. The maximum atomic E-state index is 11.5. The topological polar surface area (TPSA) is 88.8 Å². The highest BCUT2D eigenvalue weighted by Gasteiger charge is 2.15. The van der Waals surface area contributed by atoms with E-state index in [1.54, 1.807) is 0 Å². The van der Waals surface area contributed by atoms with Crippen LogP contribution in [0.25, 0.3) is 23.1 Å². The number of carbonyl (C=O) groups is 2. The molecule has 1 aliphatic rings. The van der Waals surface area contributed by atoms with Crippen molar-refractivity contribution in [1.82, 2.24) is 4.57 Å². The van der Waals surface area contributed by atoms with Crippen LogP contribution >= 0.6 is 0 Å². The molecule has 1 heterocycles. The zero-order chi connectivity index (χ0) is 26.0. The van der Waals surface area contributed by atoms with Gasteiger partial charge in [-0.15, -0.1) is 0 Å². The fourth-order valence-electron chi connectivity index (χ4n) is 5.39.